The van der Waals surface area contributed by atoms with Crippen LogP contribution >= 0.6 is 15.9 Å². The van der Waals surface area contributed by atoms with Crippen LogP contribution in [0.1, 0.15) is 12.5 Å². The van der Waals surface area contributed by atoms with Gasteiger partial charge < -0.3 is 10.6 Å². The molecule has 0 aromatic carbocycles. The van der Waals surface area contributed by atoms with Crippen molar-refractivity contribution in [3.8, 4) is 6.07 Å². The molecule has 1 heterocycles. The van der Waals surface area contributed by atoms with Crippen molar-refractivity contribution in [2.45, 2.75) is 6.92 Å². The predicted octanol–water partition coefficient (Wildman–Crippen LogP) is 1.74. The lowest BCUT2D eigenvalue weighted by Crippen LogP contribution is -2.22. The molecule has 80 valence electrons. The molecule has 0 aliphatic carbocycles. The number of nitrogens with zero attached hydrogens (tertiary/aromatic N) is 2. The molecule has 0 saturated heterocycles. The van der Waals surface area contributed by atoms with E-state index in [2.05, 4.69) is 44.5 Å². The number of hydrogen-bond donors (Lipinski definition) is 2. The minimum atomic E-state index is 0.556. The number of likely N-dealkylation sites (N-methyl/N-ethyl adjacent to an activating group) is 1. The summed E-state index contributed by atoms with van der Waals surface area (Å²) < 4.78 is 0.816. The summed E-state index contributed by atoms with van der Waals surface area (Å²) in [6, 6.07) is 3.85. The second kappa shape index (κ2) is 6.38. The maximum absolute atomic E-state index is 8.88. The molecule has 15 heavy (non-hydrogen) atoms. The van der Waals surface area contributed by atoms with Gasteiger partial charge in [-0.3, -0.25) is 0 Å². The van der Waals surface area contributed by atoms with Gasteiger partial charge in [0.05, 0.1) is 5.56 Å². The first-order chi connectivity index (χ1) is 7.27. The van der Waals surface area contributed by atoms with Gasteiger partial charge in [-0.05, 0) is 28.5 Å². The quantitative estimate of drug-likeness (QED) is 0.799. The van der Waals surface area contributed by atoms with Crippen LogP contribution in [0, 0.1) is 11.3 Å². The van der Waals surface area contributed by atoms with Crippen LogP contribution in [0.15, 0.2) is 16.7 Å². The van der Waals surface area contributed by atoms with E-state index < -0.39 is 0 Å². The molecule has 0 aliphatic heterocycles. The average Bonchev–Trinajstić information content (AvgIpc) is 2.26. The summed E-state index contributed by atoms with van der Waals surface area (Å²) in [6.07, 6.45) is 1.68. The van der Waals surface area contributed by atoms with Crippen LogP contribution in [0.5, 0.6) is 0 Å². The normalized spacial score (nSPS) is 9.67. The standard InChI is InChI=1S/C10H13BrN4/c1-2-13-3-4-14-10-8(6-12)5-9(11)7-15-10/h5,7,13H,2-4H2,1H3,(H,14,15). The first-order valence-electron chi connectivity index (χ1n) is 4.78. The van der Waals surface area contributed by atoms with Gasteiger partial charge in [-0.1, -0.05) is 6.92 Å². The van der Waals surface area contributed by atoms with Crippen molar-refractivity contribution in [2.75, 3.05) is 25.0 Å². The molecule has 2 N–H and O–H groups in total. The molecule has 0 fully saturated rings. The van der Waals surface area contributed by atoms with Gasteiger partial charge in [0, 0.05) is 23.8 Å². The van der Waals surface area contributed by atoms with Crippen molar-refractivity contribution in [2.24, 2.45) is 0 Å². The average molecular weight is 269 g/mol. The number of pyridine rings is 1. The Balaban J connectivity index is 2.57. The van der Waals surface area contributed by atoms with Crippen molar-refractivity contribution >= 4 is 21.7 Å². The SMILES string of the molecule is CCNCCNc1ncc(Br)cc1C#N. The lowest BCUT2D eigenvalue weighted by molar-refractivity contribution is 0.737. The summed E-state index contributed by atoms with van der Waals surface area (Å²) in [4.78, 5) is 4.14. The Kier molecular flexibility index (Phi) is 5.08. The molecule has 4 nitrogen and oxygen atoms in total. The van der Waals surface area contributed by atoms with E-state index >= 15 is 0 Å². The summed E-state index contributed by atoms with van der Waals surface area (Å²) in [5.41, 5.74) is 0.556. The Bertz CT molecular complexity index is 359. The smallest absolute Gasteiger partial charge is 0.144 e. The van der Waals surface area contributed by atoms with E-state index in [0.717, 1.165) is 24.1 Å². The fourth-order valence-corrected chi connectivity index (χ4v) is 1.44. The van der Waals surface area contributed by atoms with Gasteiger partial charge in [-0.25, -0.2) is 4.98 Å². The Morgan fingerprint density at radius 1 is 1.53 bits per heavy atom. The molecule has 0 bridgehead atoms. The van der Waals surface area contributed by atoms with E-state index in [1.165, 1.54) is 0 Å². The summed E-state index contributed by atoms with van der Waals surface area (Å²) in [7, 11) is 0. The molecular weight excluding hydrogens is 256 g/mol. The van der Waals surface area contributed by atoms with Gasteiger partial charge in [-0.2, -0.15) is 5.26 Å². The number of nitriles is 1. The minimum Gasteiger partial charge on any atom is -0.368 e. The van der Waals surface area contributed by atoms with Crippen molar-refractivity contribution in [3.63, 3.8) is 0 Å². The highest BCUT2D eigenvalue weighted by Crippen LogP contribution is 2.16. The molecule has 0 unspecified atom stereocenters. The van der Waals surface area contributed by atoms with Crippen LogP contribution in [0.4, 0.5) is 5.82 Å². The highest BCUT2D eigenvalue weighted by molar-refractivity contribution is 9.10. The zero-order chi connectivity index (χ0) is 11.1. The topological polar surface area (TPSA) is 60.7 Å². The lowest BCUT2D eigenvalue weighted by atomic mass is 10.3. The minimum absolute atomic E-state index is 0.556. The summed E-state index contributed by atoms with van der Waals surface area (Å²) in [5.74, 6) is 0.638. The van der Waals surface area contributed by atoms with Crippen molar-refractivity contribution < 1.29 is 0 Å². The molecule has 0 aliphatic rings. The molecular formula is C10H13BrN4. The van der Waals surface area contributed by atoms with Gasteiger partial charge in [0.15, 0.2) is 0 Å². The monoisotopic (exact) mass is 268 g/mol. The summed E-state index contributed by atoms with van der Waals surface area (Å²) in [5, 5.41) is 15.2. The lowest BCUT2D eigenvalue weighted by Gasteiger charge is -2.07. The van der Waals surface area contributed by atoms with Crippen molar-refractivity contribution in [1.82, 2.24) is 10.3 Å². The fourth-order valence-electron chi connectivity index (χ4n) is 1.11. The van der Waals surface area contributed by atoms with Crippen molar-refractivity contribution in [3.05, 3.63) is 22.3 Å². The van der Waals surface area contributed by atoms with Crippen LogP contribution in [0.3, 0.4) is 0 Å². The number of rotatable bonds is 5. The first kappa shape index (κ1) is 12.0. The van der Waals surface area contributed by atoms with Gasteiger partial charge in [0.25, 0.3) is 0 Å². The Morgan fingerprint density at radius 2 is 2.33 bits per heavy atom. The zero-order valence-electron chi connectivity index (χ0n) is 8.55. The Morgan fingerprint density at radius 3 is 3.00 bits per heavy atom. The van der Waals surface area contributed by atoms with E-state index in [4.69, 9.17) is 5.26 Å². The summed E-state index contributed by atoms with van der Waals surface area (Å²) in [6.45, 7) is 4.62. The third-order valence-corrected chi connectivity index (χ3v) is 2.25. The molecule has 5 heteroatoms. The molecule has 0 radical (unpaired) electrons. The van der Waals surface area contributed by atoms with Crippen LogP contribution in [0.25, 0.3) is 0 Å². The number of anilines is 1. The maximum atomic E-state index is 8.88. The van der Waals surface area contributed by atoms with Crippen LogP contribution in [-0.2, 0) is 0 Å². The van der Waals surface area contributed by atoms with Gasteiger partial charge in [-0.15, -0.1) is 0 Å². The van der Waals surface area contributed by atoms with Gasteiger partial charge in [0.1, 0.15) is 11.9 Å². The number of halogens is 1. The van der Waals surface area contributed by atoms with E-state index in [1.54, 1.807) is 12.3 Å². The molecule has 0 amide bonds. The van der Waals surface area contributed by atoms with E-state index in [1.807, 2.05) is 0 Å². The maximum Gasteiger partial charge on any atom is 0.144 e. The Hall–Kier alpha value is -1.12. The number of nitrogens with one attached hydrogen (secondary N) is 2. The second-order valence-corrected chi connectivity index (χ2v) is 3.86. The molecule has 1 rings (SSSR count). The second-order valence-electron chi connectivity index (χ2n) is 2.94. The third kappa shape index (κ3) is 3.86. The highest BCUT2D eigenvalue weighted by Gasteiger charge is 2.02. The number of hydrogen-bond acceptors (Lipinski definition) is 4. The largest absolute Gasteiger partial charge is 0.368 e. The van der Waals surface area contributed by atoms with Gasteiger partial charge >= 0.3 is 0 Å². The first-order valence-corrected chi connectivity index (χ1v) is 5.57. The van der Waals surface area contributed by atoms with Gasteiger partial charge in [0.2, 0.25) is 0 Å². The highest BCUT2D eigenvalue weighted by atomic mass is 79.9. The molecule has 1 aromatic rings. The van der Waals surface area contributed by atoms with Crippen LogP contribution in [-0.4, -0.2) is 24.6 Å². The summed E-state index contributed by atoms with van der Waals surface area (Å²) >= 11 is 3.28. The van der Waals surface area contributed by atoms with Crippen LogP contribution in [0.2, 0.25) is 0 Å². The zero-order valence-corrected chi connectivity index (χ0v) is 10.1. The van der Waals surface area contributed by atoms with Crippen LogP contribution < -0.4 is 10.6 Å². The molecule has 0 atom stereocenters. The fraction of sp³-hybridized carbons (Fsp3) is 0.400. The number of aromatic nitrogens is 1. The molecule has 0 saturated carbocycles. The Labute approximate surface area is 97.8 Å². The molecule has 1 aromatic heterocycles. The molecule has 0 spiro atoms. The predicted molar refractivity (Wildman–Crippen MR) is 63.7 cm³/mol. The van der Waals surface area contributed by atoms with E-state index in [0.29, 0.717) is 11.4 Å². The third-order valence-electron chi connectivity index (χ3n) is 1.82. The van der Waals surface area contributed by atoms with E-state index in [-0.39, 0.29) is 0 Å². The van der Waals surface area contributed by atoms with Crippen molar-refractivity contribution in [1.29, 1.82) is 5.26 Å². The van der Waals surface area contributed by atoms with E-state index in [9.17, 15) is 0 Å².